The molecule has 1 atom stereocenters. The lowest BCUT2D eigenvalue weighted by molar-refractivity contribution is 0.0102. The van der Waals surface area contributed by atoms with Gasteiger partial charge in [-0.05, 0) is 41.8 Å². The van der Waals surface area contributed by atoms with Crippen LogP contribution in [0.2, 0.25) is 0 Å². The number of thiophene rings is 1. The Balaban J connectivity index is 1.77. The van der Waals surface area contributed by atoms with Gasteiger partial charge in [0.25, 0.3) is 0 Å². The van der Waals surface area contributed by atoms with Crippen LogP contribution in [0.15, 0.2) is 14.7 Å². The Morgan fingerprint density at radius 3 is 2.95 bits per heavy atom. The Bertz CT molecular complexity index is 613. The van der Waals surface area contributed by atoms with Crippen LogP contribution in [0.3, 0.4) is 0 Å². The standard InChI is InChI=1S/C13H19BrN2O3S2/c1-9-8-16(4-5-19-9)21(17,18)12-6-11(20-13(12)14)7-15-10-2-3-10/h6,9-10,15H,2-5,7-8H2,1H3. The molecule has 118 valence electrons. The van der Waals surface area contributed by atoms with Gasteiger partial charge in [-0.2, -0.15) is 4.31 Å². The number of nitrogens with one attached hydrogen (secondary N) is 1. The van der Waals surface area contributed by atoms with Crippen LogP contribution >= 0.6 is 27.3 Å². The third kappa shape index (κ3) is 3.68. The maximum Gasteiger partial charge on any atom is 0.245 e. The van der Waals surface area contributed by atoms with Crippen LogP contribution in [0, 0.1) is 0 Å². The van der Waals surface area contributed by atoms with E-state index in [-0.39, 0.29) is 6.10 Å². The van der Waals surface area contributed by atoms with E-state index in [1.165, 1.54) is 28.5 Å². The third-order valence-corrected chi connectivity index (χ3v) is 7.79. The summed E-state index contributed by atoms with van der Waals surface area (Å²) in [4.78, 5) is 1.43. The van der Waals surface area contributed by atoms with Gasteiger partial charge in [0.2, 0.25) is 10.0 Å². The fourth-order valence-electron chi connectivity index (χ4n) is 2.34. The summed E-state index contributed by atoms with van der Waals surface area (Å²) in [5, 5.41) is 3.41. The Labute approximate surface area is 137 Å². The van der Waals surface area contributed by atoms with Crippen LogP contribution in [0.1, 0.15) is 24.6 Å². The van der Waals surface area contributed by atoms with E-state index in [1.54, 1.807) is 6.07 Å². The van der Waals surface area contributed by atoms with Gasteiger partial charge in [-0.3, -0.25) is 0 Å². The fourth-order valence-corrected chi connectivity index (χ4v) is 6.42. The molecular formula is C13H19BrN2O3S2. The second-order valence-electron chi connectivity index (χ2n) is 5.55. The highest BCUT2D eigenvalue weighted by Gasteiger charge is 2.32. The lowest BCUT2D eigenvalue weighted by atomic mass is 10.3. The summed E-state index contributed by atoms with van der Waals surface area (Å²) in [6.45, 7) is 3.93. The predicted molar refractivity (Wildman–Crippen MR) is 86.1 cm³/mol. The maximum atomic E-state index is 12.7. The minimum absolute atomic E-state index is 0.0538. The van der Waals surface area contributed by atoms with Gasteiger partial charge >= 0.3 is 0 Å². The van der Waals surface area contributed by atoms with Crippen molar-refractivity contribution >= 4 is 37.3 Å². The van der Waals surface area contributed by atoms with Gasteiger partial charge in [-0.25, -0.2) is 8.42 Å². The summed E-state index contributed by atoms with van der Waals surface area (Å²) in [6, 6.07) is 2.41. The number of sulfonamides is 1. The van der Waals surface area contributed by atoms with Crippen LogP contribution in [-0.4, -0.2) is 44.6 Å². The van der Waals surface area contributed by atoms with Crippen molar-refractivity contribution in [2.24, 2.45) is 0 Å². The first-order valence-electron chi connectivity index (χ1n) is 7.10. The van der Waals surface area contributed by atoms with E-state index in [1.807, 2.05) is 6.92 Å². The number of hydrogen-bond acceptors (Lipinski definition) is 5. The van der Waals surface area contributed by atoms with Crippen molar-refractivity contribution in [3.63, 3.8) is 0 Å². The van der Waals surface area contributed by atoms with Crippen molar-refractivity contribution in [2.45, 2.75) is 43.4 Å². The zero-order valence-corrected chi connectivity index (χ0v) is 15.1. The molecule has 1 aliphatic carbocycles. The number of nitrogens with zero attached hydrogens (tertiary/aromatic N) is 1. The zero-order chi connectivity index (χ0) is 15.0. The first kappa shape index (κ1) is 15.9. The molecule has 0 aromatic carbocycles. The summed E-state index contributed by atoms with van der Waals surface area (Å²) < 4.78 is 33.1. The number of hydrogen-bond donors (Lipinski definition) is 1. The van der Waals surface area contributed by atoms with Crippen molar-refractivity contribution < 1.29 is 13.2 Å². The van der Waals surface area contributed by atoms with Crippen LogP contribution in [0.5, 0.6) is 0 Å². The molecule has 2 aliphatic rings. The van der Waals surface area contributed by atoms with E-state index >= 15 is 0 Å². The maximum absolute atomic E-state index is 12.7. The Morgan fingerprint density at radius 2 is 2.29 bits per heavy atom. The van der Waals surface area contributed by atoms with E-state index in [4.69, 9.17) is 4.74 Å². The van der Waals surface area contributed by atoms with Gasteiger partial charge in [0, 0.05) is 30.6 Å². The van der Waals surface area contributed by atoms with E-state index in [9.17, 15) is 8.42 Å². The SMILES string of the molecule is CC1CN(S(=O)(=O)c2cc(CNC3CC3)sc2Br)CCO1. The summed E-state index contributed by atoms with van der Waals surface area (Å²) in [7, 11) is -3.44. The molecule has 0 radical (unpaired) electrons. The fraction of sp³-hybridized carbons (Fsp3) is 0.692. The molecule has 1 saturated heterocycles. The molecule has 3 rings (SSSR count). The molecule has 1 aliphatic heterocycles. The highest BCUT2D eigenvalue weighted by atomic mass is 79.9. The predicted octanol–water partition coefficient (Wildman–Crippen LogP) is 2.17. The molecule has 2 heterocycles. The summed E-state index contributed by atoms with van der Waals surface area (Å²) in [5.74, 6) is 0. The molecule has 2 fully saturated rings. The van der Waals surface area contributed by atoms with Crippen molar-refractivity contribution in [3.8, 4) is 0 Å². The quantitative estimate of drug-likeness (QED) is 0.831. The third-order valence-electron chi connectivity index (χ3n) is 3.67. The molecular weight excluding hydrogens is 376 g/mol. The molecule has 0 spiro atoms. The van der Waals surface area contributed by atoms with Crippen molar-refractivity contribution in [2.75, 3.05) is 19.7 Å². The van der Waals surface area contributed by atoms with E-state index in [0.717, 1.165) is 11.4 Å². The molecule has 0 amide bonds. The number of ether oxygens (including phenoxy) is 1. The molecule has 5 nitrogen and oxygen atoms in total. The molecule has 21 heavy (non-hydrogen) atoms. The van der Waals surface area contributed by atoms with Crippen LogP contribution in [-0.2, 0) is 21.3 Å². The Hall–Kier alpha value is 0.01000. The van der Waals surface area contributed by atoms with E-state index < -0.39 is 10.0 Å². The second-order valence-corrected chi connectivity index (χ2v) is 9.91. The topological polar surface area (TPSA) is 58.6 Å². The van der Waals surface area contributed by atoms with Gasteiger partial charge in [0.1, 0.15) is 4.90 Å². The zero-order valence-electron chi connectivity index (χ0n) is 11.8. The van der Waals surface area contributed by atoms with Crippen LogP contribution in [0.25, 0.3) is 0 Å². The van der Waals surface area contributed by atoms with E-state index in [0.29, 0.717) is 34.4 Å². The molecule has 1 saturated carbocycles. The van der Waals surface area contributed by atoms with Crippen molar-refractivity contribution in [1.29, 1.82) is 0 Å². The lowest BCUT2D eigenvalue weighted by Crippen LogP contribution is -2.44. The van der Waals surface area contributed by atoms with Gasteiger partial charge in [-0.15, -0.1) is 11.3 Å². The minimum atomic E-state index is -3.44. The monoisotopic (exact) mass is 394 g/mol. The normalized spacial score (nSPS) is 24.4. The highest BCUT2D eigenvalue weighted by molar-refractivity contribution is 9.11. The summed E-state index contributed by atoms with van der Waals surface area (Å²) >= 11 is 4.90. The number of halogens is 1. The van der Waals surface area contributed by atoms with Gasteiger partial charge in [0.15, 0.2) is 0 Å². The summed E-state index contributed by atoms with van der Waals surface area (Å²) in [6.07, 6.45) is 2.40. The highest BCUT2D eigenvalue weighted by Crippen LogP contribution is 2.34. The molecule has 8 heteroatoms. The first-order valence-corrected chi connectivity index (χ1v) is 10.1. The summed E-state index contributed by atoms with van der Waals surface area (Å²) in [5.41, 5.74) is 0. The molecule has 1 aromatic rings. The van der Waals surface area contributed by atoms with Crippen molar-refractivity contribution in [1.82, 2.24) is 9.62 Å². The molecule has 0 bridgehead atoms. The Morgan fingerprint density at radius 1 is 1.52 bits per heavy atom. The van der Waals surface area contributed by atoms with Gasteiger partial charge < -0.3 is 10.1 Å². The van der Waals surface area contributed by atoms with Crippen LogP contribution < -0.4 is 5.32 Å². The molecule has 1 aromatic heterocycles. The lowest BCUT2D eigenvalue weighted by Gasteiger charge is -2.30. The number of rotatable bonds is 5. The first-order chi connectivity index (χ1) is 9.96. The van der Waals surface area contributed by atoms with Crippen molar-refractivity contribution in [3.05, 3.63) is 14.7 Å². The smallest absolute Gasteiger partial charge is 0.245 e. The average Bonchev–Trinajstić information content (AvgIpc) is 3.19. The minimum Gasteiger partial charge on any atom is -0.376 e. The van der Waals surface area contributed by atoms with Gasteiger partial charge in [0.05, 0.1) is 16.5 Å². The average molecular weight is 395 g/mol. The largest absolute Gasteiger partial charge is 0.376 e. The second kappa shape index (κ2) is 6.25. The van der Waals surface area contributed by atoms with Gasteiger partial charge in [-0.1, -0.05) is 0 Å². The molecule has 1 N–H and O–H groups in total. The van der Waals surface area contributed by atoms with E-state index in [2.05, 4.69) is 21.2 Å². The number of morpholine rings is 1. The van der Waals surface area contributed by atoms with Crippen LogP contribution in [0.4, 0.5) is 0 Å². The molecule has 1 unspecified atom stereocenters. The Kier molecular flexibility index (Phi) is 4.73.